The topological polar surface area (TPSA) is 93.2 Å². The van der Waals surface area contributed by atoms with Crippen LogP contribution in [0.2, 0.25) is 0 Å². The van der Waals surface area contributed by atoms with Gasteiger partial charge >= 0.3 is 5.97 Å². The molecule has 1 saturated heterocycles. The average molecular weight is 537 g/mol. The predicted octanol–water partition coefficient (Wildman–Crippen LogP) is 4.09. The van der Waals surface area contributed by atoms with Crippen LogP contribution in [0.5, 0.6) is 0 Å². The van der Waals surface area contributed by atoms with Crippen molar-refractivity contribution in [3.63, 3.8) is 0 Å². The molecule has 3 aromatic rings. The molecule has 8 nitrogen and oxygen atoms in total. The van der Waals surface area contributed by atoms with Gasteiger partial charge in [-0.2, -0.15) is 4.31 Å². The smallest absolute Gasteiger partial charge is 0.331 e. The first-order chi connectivity index (χ1) is 17.9. The highest BCUT2D eigenvalue weighted by atomic mass is 32.2. The van der Waals surface area contributed by atoms with Crippen molar-refractivity contribution in [2.24, 2.45) is 0 Å². The first-order valence-corrected chi connectivity index (χ1v) is 13.9. The normalized spacial score (nSPS) is 15.7. The Morgan fingerprint density at radius 1 is 0.892 bits per heavy atom. The van der Waals surface area contributed by atoms with Crippen LogP contribution < -0.4 is 4.90 Å². The molecule has 2 heterocycles. The first kappa shape index (κ1) is 25.2. The van der Waals surface area contributed by atoms with E-state index >= 15 is 0 Å². The average Bonchev–Trinajstić information content (AvgIpc) is 2.94. The number of fused-ring (bicyclic) bond motifs is 2. The van der Waals surface area contributed by atoms with E-state index in [9.17, 15) is 18.0 Å². The number of hydrogen-bond acceptors (Lipinski definition) is 7. The zero-order chi connectivity index (χ0) is 25.8. The number of para-hydroxylation sites is 2. The molecule has 2 aliphatic heterocycles. The molecule has 0 N–H and O–H groups in total. The lowest BCUT2D eigenvalue weighted by molar-refractivity contribution is -0.142. The zero-order valence-corrected chi connectivity index (χ0v) is 21.4. The molecule has 0 unspecified atom stereocenters. The predicted molar refractivity (Wildman–Crippen MR) is 140 cm³/mol. The highest BCUT2D eigenvalue weighted by molar-refractivity contribution is 7.99. The molecule has 0 radical (unpaired) electrons. The third-order valence-electron chi connectivity index (χ3n) is 5.92. The van der Waals surface area contributed by atoms with Gasteiger partial charge in [0.15, 0.2) is 6.61 Å². The largest absolute Gasteiger partial charge is 0.452 e. The van der Waals surface area contributed by atoms with Gasteiger partial charge in [0.1, 0.15) is 0 Å². The summed E-state index contributed by atoms with van der Waals surface area (Å²) in [6.07, 6.45) is 2.73. The molecular formula is C27H24N2O6S2. The van der Waals surface area contributed by atoms with Gasteiger partial charge in [0.2, 0.25) is 10.0 Å². The molecule has 10 heteroatoms. The fourth-order valence-electron chi connectivity index (χ4n) is 4.07. The molecule has 5 rings (SSSR count). The van der Waals surface area contributed by atoms with Crippen molar-refractivity contribution in [1.82, 2.24) is 4.31 Å². The lowest BCUT2D eigenvalue weighted by atomic mass is 10.2. The summed E-state index contributed by atoms with van der Waals surface area (Å²) in [5, 5.41) is 0. The minimum atomic E-state index is -3.59. The Balaban J connectivity index is 1.22. The van der Waals surface area contributed by atoms with Gasteiger partial charge in [-0.05, 0) is 48.0 Å². The monoisotopic (exact) mass is 536 g/mol. The van der Waals surface area contributed by atoms with Crippen molar-refractivity contribution < 1.29 is 27.5 Å². The number of ether oxygens (including phenoxy) is 2. The number of rotatable bonds is 6. The van der Waals surface area contributed by atoms with E-state index in [0.717, 1.165) is 21.2 Å². The third kappa shape index (κ3) is 5.47. The van der Waals surface area contributed by atoms with Gasteiger partial charge in [-0.25, -0.2) is 13.2 Å². The van der Waals surface area contributed by atoms with Gasteiger partial charge in [-0.3, -0.25) is 9.69 Å². The fourth-order valence-corrected chi connectivity index (χ4v) is 6.54. The lowest BCUT2D eigenvalue weighted by Crippen LogP contribution is -2.40. The van der Waals surface area contributed by atoms with E-state index in [1.165, 1.54) is 28.6 Å². The summed E-state index contributed by atoms with van der Waals surface area (Å²) in [4.78, 5) is 29.1. The maximum atomic E-state index is 13.1. The van der Waals surface area contributed by atoms with Crippen LogP contribution >= 0.6 is 11.8 Å². The number of benzene rings is 3. The number of amides is 1. The Labute approximate surface area is 219 Å². The molecule has 0 spiro atoms. The molecule has 0 aromatic heterocycles. The van der Waals surface area contributed by atoms with E-state index in [2.05, 4.69) is 0 Å². The molecular weight excluding hydrogens is 512 g/mol. The van der Waals surface area contributed by atoms with Crippen molar-refractivity contribution in [3.8, 4) is 0 Å². The molecule has 0 saturated carbocycles. The van der Waals surface area contributed by atoms with Crippen molar-refractivity contribution in [2.45, 2.75) is 14.7 Å². The summed E-state index contributed by atoms with van der Waals surface area (Å²) >= 11 is 1.59. The number of anilines is 2. The van der Waals surface area contributed by atoms with Crippen LogP contribution in [0, 0.1) is 0 Å². The van der Waals surface area contributed by atoms with Gasteiger partial charge in [0.25, 0.3) is 5.91 Å². The van der Waals surface area contributed by atoms with Crippen molar-refractivity contribution in [2.75, 3.05) is 37.8 Å². The number of esters is 1. The number of carbonyl (C=O) groups excluding carboxylic acids is 2. The van der Waals surface area contributed by atoms with Crippen molar-refractivity contribution in [1.29, 1.82) is 0 Å². The molecule has 3 aromatic carbocycles. The van der Waals surface area contributed by atoms with E-state index in [1.807, 2.05) is 48.5 Å². The van der Waals surface area contributed by atoms with Gasteiger partial charge in [-0.1, -0.05) is 48.2 Å². The molecule has 0 atom stereocenters. The number of morpholine rings is 1. The minimum absolute atomic E-state index is 0.181. The molecule has 37 heavy (non-hydrogen) atoms. The lowest BCUT2D eigenvalue weighted by Gasteiger charge is -2.30. The highest BCUT2D eigenvalue weighted by Crippen LogP contribution is 2.47. The van der Waals surface area contributed by atoms with Gasteiger partial charge < -0.3 is 9.47 Å². The molecule has 0 bridgehead atoms. The Kier molecular flexibility index (Phi) is 7.43. The standard InChI is InChI=1S/C27H24N2O6S2/c30-26(29-22-5-1-3-7-24(22)36-25-8-4-2-6-23(25)29)19-35-27(31)14-11-20-9-12-21(13-10-20)37(32,33)28-15-17-34-18-16-28/h1-14H,15-19H2. The summed E-state index contributed by atoms with van der Waals surface area (Å²) in [7, 11) is -3.59. The van der Waals surface area contributed by atoms with Gasteiger partial charge in [0, 0.05) is 29.0 Å². The number of nitrogens with zero attached hydrogens (tertiary/aromatic N) is 2. The van der Waals surface area contributed by atoms with E-state index < -0.39 is 22.6 Å². The summed E-state index contributed by atoms with van der Waals surface area (Å²) in [6, 6.07) is 21.4. The Morgan fingerprint density at radius 3 is 2.11 bits per heavy atom. The maximum absolute atomic E-state index is 13.1. The van der Waals surface area contributed by atoms with E-state index in [0.29, 0.717) is 31.9 Å². The summed E-state index contributed by atoms with van der Waals surface area (Å²) in [6.45, 7) is 0.970. The van der Waals surface area contributed by atoms with E-state index in [1.54, 1.807) is 28.8 Å². The second kappa shape index (κ2) is 10.9. The maximum Gasteiger partial charge on any atom is 0.331 e. The van der Waals surface area contributed by atoms with Crippen molar-refractivity contribution in [3.05, 3.63) is 84.4 Å². The first-order valence-electron chi connectivity index (χ1n) is 11.7. The molecule has 190 valence electrons. The molecule has 0 aliphatic carbocycles. The molecule has 1 fully saturated rings. The number of hydrogen-bond donors (Lipinski definition) is 0. The highest BCUT2D eigenvalue weighted by Gasteiger charge is 2.28. The van der Waals surface area contributed by atoms with Crippen LogP contribution in [0.3, 0.4) is 0 Å². The Morgan fingerprint density at radius 2 is 1.49 bits per heavy atom. The Bertz CT molecular complexity index is 1400. The van der Waals surface area contributed by atoms with E-state index in [-0.39, 0.29) is 10.8 Å². The fraction of sp³-hybridized carbons (Fsp3) is 0.185. The number of sulfonamides is 1. The summed E-state index contributed by atoms with van der Waals surface area (Å²) in [5.41, 5.74) is 2.12. The van der Waals surface area contributed by atoms with Crippen LogP contribution in [0.4, 0.5) is 11.4 Å². The Hall–Kier alpha value is -3.44. The van der Waals surface area contributed by atoms with Gasteiger partial charge in [-0.15, -0.1) is 0 Å². The molecule has 1 amide bonds. The van der Waals surface area contributed by atoms with Crippen LogP contribution in [-0.4, -0.2) is 57.5 Å². The SMILES string of the molecule is O=C(C=Cc1ccc(S(=O)(=O)N2CCOCC2)cc1)OCC(=O)N1c2ccccc2Sc2ccccc21. The van der Waals surface area contributed by atoms with Crippen LogP contribution in [0.1, 0.15) is 5.56 Å². The van der Waals surface area contributed by atoms with Crippen molar-refractivity contribution >= 4 is 51.1 Å². The second-order valence-corrected chi connectivity index (χ2v) is 11.3. The van der Waals surface area contributed by atoms with Crippen LogP contribution in [0.15, 0.2) is 93.6 Å². The summed E-state index contributed by atoms with van der Waals surface area (Å²) < 4.78 is 37.3. The second-order valence-electron chi connectivity index (χ2n) is 8.29. The third-order valence-corrected chi connectivity index (χ3v) is 8.96. The van der Waals surface area contributed by atoms with Gasteiger partial charge in [0.05, 0.1) is 29.5 Å². The quantitative estimate of drug-likeness (QED) is 0.346. The minimum Gasteiger partial charge on any atom is -0.452 e. The van der Waals surface area contributed by atoms with Crippen LogP contribution in [0.25, 0.3) is 6.08 Å². The van der Waals surface area contributed by atoms with E-state index in [4.69, 9.17) is 9.47 Å². The summed E-state index contributed by atoms with van der Waals surface area (Å²) in [5.74, 6) is -1.04. The molecule has 2 aliphatic rings. The number of carbonyl (C=O) groups is 2. The zero-order valence-electron chi connectivity index (χ0n) is 19.8. The van der Waals surface area contributed by atoms with Crippen LogP contribution in [-0.2, 0) is 29.1 Å².